The molecule has 0 bridgehead atoms. The average Bonchev–Trinajstić information content (AvgIpc) is 2.98. The van der Waals surface area contributed by atoms with Gasteiger partial charge in [-0.3, -0.25) is 0 Å². The molecule has 0 aromatic carbocycles. The topological polar surface area (TPSA) is 86.9 Å². The molecule has 0 aliphatic carbocycles. The van der Waals surface area contributed by atoms with Gasteiger partial charge in [0.05, 0.1) is 12.9 Å². The SMILES string of the molecule is CNCc1csc(S(=O)(=O)NCc2cnc[nH]2)c1. The zero-order chi connectivity index (χ0) is 13.0. The molecule has 0 fully saturated rings. The van der Waals surface area contributed by atoms with E-state index in [9.17, 15) is 8.42 Å². The van der Waals surface area contributed by atoms with E-state index in [4.69, 9.17) is 0 Å². The zero-order valence-electron chi connectivity index (χ0n) is 9.80. The molecule has 2 rings (SSSR count). The standard InChI is InChI=1S/C10H14N4O2S2/c1-11-3-8-2-10(17-6-8)18(15,16)14-5-9-4-12-7-13-9/h2,4,6-7,11,14H,3,5H2,1H3,(H,12,13). The first kappa shape index (κ1) is 13.2. The van der Waals surface area contributed by atoms with Gasteiger partial charge in [-0.1, -0.05) is 0 Å². The Balaban J connectivity index is 2.05. The fourth-order valence-electron chi connectivity index (χ4n) is 1.42. The van der Waals surface area contributed by atoms with Crippen molar-refractivity contribution in [3.05, 3.63) is 35.2 Å². The smallest absolute Gasteiger partial charge is 0.250 e. The largest absolute Gasteiger partial charge is 0.347 e. The molecule has 18 heavy (non-hydrogen) atoms. The first-order valence-electron chi connectivity index (χ1n) is 5.31. The van der Waals surface area contributed by atoms with Crippen molar-refractivity contribution < 1.29 is 8.42 Å². The van der Waals surface area contributed by atoms with Gasteiger partial charge in [0.15, 0.2) is 0 Å². The van der Waals surface area contributed by atoms with Crippen molar-refractivity contribution >= 4 is 21.4 Å². The number of H-pyrrole nitrogens is 1. The molecule has 0 atom stereocenters. The Morgan fingerprint density at radius 2 is 2.28 bits per heavy atom. The van der Waals surface area contributed by atoms with Gasteiger partial charge in [0, 0.05) is 18.4 Å². The first-order chi connectivity index (χ1) is 8.62. The van der Waals surface area contributed by atoms with Gasteiger partial charge in [-0.15, -0.1) is 11.3 Å². The van der Waals surface area contributed by atoms with Crippen LogP contribution in [0.15, 0.2) is 28.2 Å². The number of imidazole rings is 1. The molecule has 0 aliphatic rings. The Labute approximate surface area is 110 Å². The lowest BCUT2D eigenvalue weighted by Gasteiger charge is -2.02. The highest BCUT2D eigenvalue weighted by molar-refractivity contribution is 7.91. The van der Waals surface area contributed by atoms with Gasteiger partial charge in [0.25, 0.3) is 0 Å². The van der Waals surface area contributed by atoms with Gasteiger partial charge in [-0.05, 0) is 24.1 Å². The lowest BCUT2D eigenvalue weighted by molar-refractivity contribution is 0.582. The van der Waals surface area contributed by atoms with Crippen LogP contribution in [0.4, 0.5) is 0 Å². The molecule has 2 aromatic heterocycles. The van der Waals surface area contributed by atoms with E-state index in [2.05, 4.69) is 20.0 Å². The van der Waals surface area contributed by atoms with E-state index < -0.39 is 10.0 Å². The fraction of sp³-hybridized carbons (Fsp3) is 0.300. The van der Waals surface area contributed by atoms with Gasteiger partial charge in [0.1, 0.15) is 4.21 Å². The van der Waals surface area contributed by atoms with E-state index in [0.29, 0.717) is 10.8 Å². The summed E-state index contributed by atoms with van der Waals surface area (Å²) in [4.78, 5) is 6.67. The average molecular weight is 286 g/mol. The third-order valence-electron chi connectivity index (χ3n) is 2.28. The molecule has 2 aromatic rings. The molecule has 98 valence electrons. The number of aromatic amines is 1. The van der Waals surface area contributed by atoms with Crippen LogP contribution in [0.2, 0.25) is 0 Å². The van der Waals surface area contributed by atoms with Gasteiger partial charge < -0.3 is 10.3 Å². The minimum absolute atomic E-state index is 0.210. The summed E-state index contributed by atoms with van der Waals surface area (Å²) in [5, 5.41) is 4.82. The van der Waals surface area contributed by atoms with Crippen LogP contribution < -0.4 is 10.0 Å². The van der Waals surface area contributed by atoms with E-state index in [-0.39, 0.29) is 6.54 Å². The number of sulfonamides is 1. The molecule has 0 amide bonds. The lowest BCUT2D eigenvalue weighted by atomic mass is 10.3. The number of rotatable bonds is 6. The van der Waals surface area contributed by atoms with Crippen LogP contribution >= 0.6 is 11.3 Å². The van der Waals surface area contributed by atoms with E-state index in [1.165, 1.54) is 17.7 Å². The van der Waals surface area contributed by atoms with Gasteiger partial charge in [-0.25, -0.2) is 18.1 Å². The van der Waals surface area contributed by atoms with E-state index in [1.807, 2.05) is 12.4 Å². The third-order valence-corrected chi connectivity index (χ3v) is 5.17. The van der Waals surface area contributed by atoms with Crippen molar-refractivity contribution in [3.8, 4) is 0 Å². The molecular weight excluding hydrogens is 272 g/mol. The molecule has 0 spiro atoms. The summed E-state index contributed by atoms with van der Waals surface area (Å²) in [6.45, 7) is 0.869. The van der Waals surface area contributed by atoms with Crippen LogP contribution in [0, 0.1) is 0 Å². The molecule has 0 radical (unpaired) electrons. The van der Waals surface area contributed by atoms with Crippen LogP contribution in [-0.2, 0) is 23.1 Å². The number of aromatic nitrogens is 2. The van der Waals surface area contributed by atoms with Crippen molar-refractivity contribution in [2.45, 2.75) is 17.3 Å². The molecule has 0 saturated heterocycles. The summed E-state index contributed by atoms with van der Waals surface area (Å²) in [6, 6.07) is 1.68. The maximum absolute atomic E-state index is 12.0. The van der Waals surface area contributed by atoms with Crippen molar-refractivity contribution in [2.24, 2.45) is 0 Å². The van der Waals surface area contributed by atoms with Crippen molar-refractivity contribution in [1.29, 1.82) is 0 Å². The Morgan fingerprint density at radius 3 is 2.94 bits per heavy atom. The van der Waals surface area contributed by atoms with Crippen LogP contribution in [0.25, 0.3) is 0 Å². The van der Waals surface area contributed by atoms with Gasteiger partial charge >= 0.3 is 0 Å². The minimum Gasteiger partial charge on any atom is -0.347 e. The second-order valence-electron chi connectivity index (χ2n) is 3.71. The summed E-state index contributed by atoms with van der Waals surface area (Å²) in [5.41, 5.74) is 1.69. The summed E-state index contributed by atoms with van der Waals surface area (Å²) in [5.74, 6) is 0. The molecule has 0 aliphatic heterocycles. The summed E-state index contributed by atoms with van der Waals surface area (Å²) in [6.07, 6.45) is 3.10. The molecule has 0 unspecified atom stereocenters. The Hall–Kier alpha value is -1.22. The zero-order valence-corrected chi connectivity index (χ0v) is 11.4. The maximum atomic E-state index is 12.0. The van der Waals surface area contributed by atoms with Crippen LogP contribution in [0.5, 0.6) is 0 Å². The number of nitrogens with one attached hydrogen (secondary N) is 3. The monoisotopic (exact) mass is 286 g/mol. The lowest BCUT2D eigenvalue weighted by Crippen LogP contribution is -2.22. The highest BCUT2D eigenvalue weighted by atomic mass is 32.2. The summed E-state index contributed by atoms with van der Waals surface area (Å²) in [7, 11) is -1.62. The predicted octanol–water partition coefficient (Wildman–Crippen LogP) is 0.669. The highest BCUT2D eigenvalue weighted by Crippen LogP contribution is 2.20. The molecule has 6 nitrogen and oxygen atoms in total. The van der Waals surface area contributed by atoms with E-state index in [1.54, 1.807) is 12.3 Å². The molecule has 2 heterocycles. The quantitative estimate of drug-likeness (QED) is 0.728. The molecular formula is C10H14N4O2S2. The molecule has 3 N–H and O–H groups in total. The normalized spacial score (nSPS) is 11.8. The van der Waals surface area contributed by atoms with Crippen LogP contribution in [0.3, 0.4) is 0 Å². The van der Waals surface area contributed by atoms with Gasteiger partial charge in [-0.2, -0.15) is 0 Å². The van der Waals surface area contributed by atoms with Crippen LogP contribution in [-0.4, -0.2) is 25.4 Å². The number of nitrogens with zero attached hydrogens (tertiary/aromatic N) is 1. The first-order valence-corrected chi connectivity index (χ1v) is 7.67. The third kappa shape index (κ3) is 3.16. The molecule has 8 heteroatoms. The number of hydrogen-bond donors (Lipinski definition) is 3. The van der Waals surface area contributed by atoms with E-state index >= 15 is 0 Å². The second kappa shape index (κ2) is 5.61. The second-order valence-corrected chi connectivity index (χ2v) is 6.61. The van der Waals surface area contributed by atoms with E-state index in [0.717, 1.165) is 11.3 Å². The summed E-state index contributed by atoms with van der Waals surface area (Å²) < 4.78 is 26.8. The number of thiophene rings is 1. The highest BCUT2D eigenvalue weighted by Gasteiger charge is 2.16. The Morgan fingerprint density at radius 1 is 1.44 bits per heavy atom. The Bertz CT molecular complexity index is 589. The van der Waals surface area contributed by atoms with Crippen molar-refractivity contribution in [2.75, 3.05) is 7.05 Å². The summed E-state index contributed by atoms with van der Waals surface area (Å²) >= 11 is 1.22. The number of hydrogen-bond acceptors (Lipinski definition) is 5. The fourth-order valence-corrected chi connectivity index (χ4v) is 3.68. The van der Waals surface area contributed by atoms with Crippen molar-refractivity contribution in [3.63, 3.8) is 0 Å². The predicted molar refractivity (Wildman–Crippen MR) is 69.7 cm³/mol. The Kier molecular flexibility index (Phi) is 4.12. The minimum atomic E-state index is -3.44. The van der Waals surface area contributed by atoms with Gasteiger partial charge in [0.2, 0.25) is 10.0 Å². The van der Waals surface area contributed by atoms with Crippen molar-refractivity contribution in [1.82, 2.24) is 20.0 Å². The molecule has 0 saturated carbocycles. The van der Waals surface area contributed by atoms with Crippen LogP contribution in [0.1, 0.15) is 11.3 Å². The maximum Gasteiger partial charge on any atom is 0.250 e.